The zero-order valence-corrected chi connectivity index (χ0v) is 17.6. The van der Waals surface area contributed by atoms with Crippen molar-refractivity contribution in [3.63, 3.8) is 0 Å². The first-order chi connectivity index (χ1) is 12.2. The number of aliphatic hydroxyl groups is 1. The lowest BCUT2D eigenvalue weighted by atomic mass is 10.0. The van der Waals surface area contributed by atoms with Crippen molar-refractivity contribution in [1.82, 2.24) is 15.1 Å². The van der Waals surface area contributed by atoms with Crippen molar-refractivity contribution in [2.45, 2.75) is 32.7 Å². The first-order valence-electron chi connectivity index (χ1n) is 8.64. The Balaban J connectivity index is 4.63. The lowest BCUT2D eigenvalue weighted by molar-refractivity contribution is -0.142. The highest BCUT2D eigenvalue weighted by atomic mass is 127. The van der Waals surface area contributed by atoms with Crippen LogP contribution in [0, 0.1) is 5.92 Å². The van der Waals surface area contributed by atoms with Crippen LogP contribution in [0.5, 0.6) is 0 Å². The van der Waals surface area contributed by atoms with Gasteiger partial charge in [-0.25, -0.2) is 4.79 Å². The minimum Gasteiger partial charge on any atom is -0.480 e. The number of carbonyl (C=O) groups excluding carboxylic acids is 2. The molecule has 0 bridgehead atoms. The topological polar surface area (TPSA) is 136 Å². The molecule has 0 aliphatic rings. The number of amides is 2. The molecule has 0 aliphatic carbocycles. The zero-order chi connectivity index (χ0) is 20.1. The Morgan fingerprint density at radius 1 is 1.19 bits per heavy atom. The number of aliphatic hydroxyl groups excluding tert-OH is 1. The predicted octanol–water partition coefficient (Wildman–Crippen LogP) is -0.534. The van der Waals surface area contributed by atoms with Crippen LogP contribution in [0.3, 0.4) is 0 Å². The van der Waals surface area contributed by atoms with Crippen molar-refractivity contribution in [3.8, 4) is 0 Å². The summed E-state index contributed by atoms with van der Waals surface area (Å²) in [6, 6.07) is -0.941. The predicted molar refractivity (Wildman–Crippen MR) is 107 cm³/mol. The Morgan fingerprint density at radius 3 is 2.31 bits per heavy atom. The number of carboxylic acid groups (broad SMARTS) is 1. The van der Waals surface area contributed by atoms with Crippen LogP contribution in [0.2, 0.25) is 0 Å². The summed E-state index contributed by atoms with van der Waals surface area (Å²) < 4.78 is 0.643. The number of halogens is 1. The molecule has 0 saturated carbocycles. The number of hydrogen-bond acceptors (Lipinski definition) is 6. The molecule has 0 aromatic heterocycles. The lowest BCUT2D eigenvalue weighted by Gasteiger charge is -2.26. The molecule has 0 radical (unpaired) electrons. The number of nitrogens with zero attached hydrogens (tertiary/aromatic N) is 2. The van der Waals surface area contributed by atoms with E-state index in [9.17, 15) is 14.4 Å². The van der Waals surface area contributed by atoms with E-state index in [1.54, 1.807) is 0 Å². The number of rotatable bonds is 14. The van der Waals surface area contributed by atoms with Crippen molar-refractivity contribution in [1.29, 1.82) is 0 Å². The average molecular weight is 486 g/mol. The zero-order valence-electron chi connectivity index (χ0n) is 15.5. The summed E-state index contributed by atoms with van der Waals surface area (Å²) in [6.45, 7) is 4.97. The molecular weight excluding hydrogens is 455 g/mol. The Kier molecular flexibility index (Phi) is 13.6. The molecule has 0 rings (SSSR count). The number of nitrogens with two attached hydrogens (primary N) is 1. The number of nitrogens with one attached hydrogen (secondary N) is 1. The van der Waals surface area contributed by atoms with Crippen LogP contribution in [-0.4, -0.2) is 87.7 Å². The molecule has 1 atom stereocenters. The lowest BCUT2D eigenvalue weighted by Crippen LogP contribution is -2.45. The summed E-state index contributed by atoms with van der Waals surface area (Å²) in [4.78, 5) is 38.9. The second-order valence-corrected chi connectivity index (χ2v) is 7.09. The molecular formula is C16H31IN4O5. The molecule has 0 heterocycles. The van der Waals surface area contributed by atoms with Crippen LogP contribution >= 0.6 is 22.6 Å². The minimum absolute atomic E-state index is 0.0191. The first-order valence-corrected chi connectivity index (χ1v) is 10.2. The monoisotopic (exact) mass is 486 g/mol. The molecule has 0 spiro atoms. The highest BCUT2D eigenvalue weighted by Crippen LogP contribution is 2.06. The molecule has 9 nitrogen and oxygen atoms in total. The van der Waals surface area contributed by atoms with Crippen molar-refractivity contribution < 1.29 is 24.6 Å². The normalized spacial score (nSPS) is 12.3. The third-order valence-electron chi connectivity index (χ3n) is 3.65. The number of hydrogen-bond donors (Lipinski definition) is 4. The van der Waals surface area contributed by atoms with Crippen LogP contribution in [0.25, 0.3) is 0 Å². The van der Waals surface area contributed by atoms with Gasteiger partial charge in [0.05, 0.1) is 17.7 Å². The van der Waals surface area contributed by atoms with Gasteiger partial charge in [0.25, 0.3) is 0 Å². The number of carbonyl (C=O) groups is 3. The molecule has 0 fully saturated rings. The van der Waals surface area contributed by atoms with E-state index in [4.69, 9.17) is 15.9 Å². The largest absolute Gasteiger partial charge is 0.480 e. The fourth-order valence-electron chi connectivity index (χ4n) is 2.33. The molecule has 0 saturated heterocycles. The summed E-state index contributed by atoms with van der Waals surface area (Å²) in [6.07, 6.45) is 0.318. The fourth-order valence-corrected chi connectivity index (χ4v) is 2.92. The van der Waals surface area contributed by atoms with E-state index in [-0.39, 0.29) is 44.5 Å². The highest BCUT2D eigenvalue weighted by molar-refractivity contribution is 14.1. The maximum absolute atomic E-state index is 12.4. The second-order valence-electron chi connectivity index (χ2n) is 6.40. The van der Waals surface area contributed by atoms with Crippen LogP contribution < -0.4 is 11.1 Å². The van der Waals surface area contributed by atoms with Gasteiger partial charge in [0, 0.05) is 32.6 Å². The Labute approximate surface area is 168 Å². The quantitative estimate of drug-likeness (QED) is 0.147. The van der Waals surface area contributed by atoms with Gasteiger partial charge >= 0.3 is 5.97 Å². The van der Waals surface area contributed by atoms with Gasteiger partial charge in [0.2, 0.25) is 11.8 Å². The second kappa shape index (κ2) is 14.1. The van der Waals surface area contributed by atoms with Gasteiger partial charge in [-0.3, -0.25) is 14.5 Å². The van der Waals surface area contributed by atoms with Gasteiger partial charge in [-0.15, -0.1) is 0 Å². The minimum atomic E-state index is -1.07. The summed E-state index contributed by atoms with van der Waals surface area (Å²) >= 11 is 2.14. The first kappa shape index (κ1) is 25.0. The third kappa shape index (κ3) is 10.9. The van der Waals surface area contributed by atoms with Gasteiger partial charge in [0.15, 0.2) is 0 Å². The molecule has 0 unspecified atom stereocenters. The van der Waals surface area contributed by atoms with Crippen molar-refractivity contribution in [2.75, 3.05) is 43.9 Å². The maximum Gasteiger partial charge on any atom is 0.326 e. The van der Waals surface area contributed by atoms with Crippen LogP contribution in [0.1, 0.15) is 26.7 Å². The van der Waals surface area contributed by atoms with E-state index < -0.39 is 17.9 Å². The van der Waals surface area contributed by atoms with E-state index in [0.29, 0.717) is 24.1 Å². The summed E-state index contributed by atoms with van der Waals surface area (Å²) in [5.74, 6) is -1.57. The summed E-state index contributed by atoms with van der Waals surface area (Å²) in [5.41, 5.74) is 5.51. The van der Waals surface area contributed by atoms with Gasteiger partial charge in [0.1, 0.15) is 6.04 Å². The Morgan fingerprint density at radius 2 is 1.85 bits per heavy atom. The molecule has 26 heavy (non-hydrogen) atoms. The van der Waals surface area contributed by atoms with Crippen LogP contribution in [0.4, 0.5) is 0 Å². The molecule has 152 valence electrons. The van der Waals surface area contributed by atoms with Gasteiger partial charge in [-0.1, -0.05) is 36.4 Å². The highest BCUT2D eigenvalue weighted by Gasteiger charge is 2.22. The van der Waals surface area contributed by atoms with Crippen LogP contribution in [-0.2, 0) is 14.4 Å². The van der Waals surface area contributed by atoms with Crippen molar-refractivity contribution >= 4 is 40.4 Å². The molecule has 2 amide bonds. The Bertz CT molecular complexity index is 450. The number of alkyl halides is 1. The van der Waals surface area contributed by atoms with Gasteiger partial charge < -0.3 is 26.2 Å². The van der Waals surface area contributed by atoms with Crippen molar-refractivity contribution in [2.24, 2.45) is 11.7 Å². The van der Waals surface area contributed by atoms with E-state index in [2.05, 4.69) is 27.9 Å². The van der Waals surface area contributed by atoms with Gasteiger partial charge in [-0.05, 0) is 12.3 Å². The molecule has 5 N–H and O–H groups in total. The third-order valence-corrected chi connectivity index (χ3v) is 4.61. The van der Waals surface area contributed by atoms with E-state index in [1.807, 2.05) is 18.7 Å². The number of aliphatic carboxylic acids is 1. The molecule has 0 aromatic rings. The standard InChI is InChI=1S/C16H31IN4O5/c1-12(2)9-13(16(25)26)19-14(23)3-5-21(7-8-22)15(24)10-20(11-17)6-4-18/h12-13,22H,3-11,18H2,1-2H3,(H,19,23)(H,25,26)/t13-/m0/s1. The summed E-state index contributed by atoms with van der Waals surface area (Å²) in [5, 5.41) is 20.8. The average Bonchev–Trinajstić information content (AvgIpc) is 2.56. The van der Waals surface area contributed by atoms with E-state index >= 15 is 0 Å². The van der Waals surface area contributed by atoms with E-state index in [0.717, 1.165) is 0 Å². The van der Waals surface area contributed by atoms with Crippen molar-refractivity contribution in [3.05, 3.63) is 0 Å². The number of carboxylic acids is 1. The SMILES string of the molecule is CC(C)C[C@H](NC(=O)CCN(CCO)C(=O)CN(CI)CCN)C(=O)O. The fraction of sp³-hybridized carbons (Fsp3) is 0.812. The molecule has 10 heteroatoms. The summed E-state index contributed by atoms with van der Waals surface area (Å²) in [7, 11) is 0. The maximum atomic E-state index is 12.4. The molecule has 0 aromatic carbocycles. The Hall–Kier alpha value is -0.980. The van der Waals surface area contributed by atoms with Crippen LogP contribution in [0.15, 0.2) is 0 Å². The molecule has 0 aliphatic heterocycles. The van der Waals surface area contributed by atoms with E-state index in [1.165, 1.54) is 4.90 Å². The smallest absolute Gasteiger partial charge is 0.326 e. The van der Waals surface area contributed by atoms with Gasteiger partial charge in [-0.2, -0.15) is 0 Å².